The highest BCUT2D eigenvalue weighted by Crippen LogP contribution is 2.26. The number of hydrogen-bond acceptors (Lipinski definition) is 1. The molecule has 126 valence electrons. The van der Waals surface area contributed by atoms with E-state index in [1.165, 1.54) is 11.1 Å². The highest BCUT2D eigenvalue weighted by atomic mass is 79.9. The van der Waals surface area contributed by atoms with Crippen LogP contribution in [0.25, 0.3) is 0 Å². The van der Waals surface area contributed by atoms with E-state index in [-0.39, 0.29) is 0 Å². The number of hydrogen-bond donors (Lipinski definition) is 2. The van der Waals surface area contributed by atoms with E-state index in [9.17, 15) is 0 Å². The molecule has 3 aromatic carbocycles. The van der Waals surface area contributed by atoms with E-state index < -0.39 is 0 Å². The maximum Gasteiger partial charge on any atom is 0.175 e. The summed E-state index contributed by atoms with van der Waals surface area (Å²) in [5.74, 6) is 0. The summed E-state index contributed by atoms with van der Waals surface area (Å²) >= 11 is 15.1. The molecule has 0 aliphatic rings. The van der Waals surface area contributed by atoms with Crippen molar-refractivity contribution in [3.05, 3.63) is 93.4 Å². The van der Waals surface area contributed by atoms with E-state index in [1.807, 2.05) is 54.6 Å². The van der Waals surface area contributed by atoms with Crippen molar-refractivity contribution in [2.75, 3.05) is 10.6 Å². The summed E-state index contributed by atoms with van der Waals surface area (Å²) in [7, 11) is 0. The Morgan fingerprint density at radius 2 is 1.56 bits per heavy atom. The second kappa shape index (κ2) is 8.48. The minimum Gasteiger partial charge on any atom is -0.332 e. The summed E-state index contributed by atoms with van der Waals surface area (Å²) in [6.45, 7) is 0. The molecule has 0 unspecified atom stereocenters. The molecule has 0 saturated carbocycles. The Kier molecular flexibility index (Phi) is 6.08. The first-order valence-corrected chi connectivity index (χ1v) is 9.34. The molecule has 2 N–H and O–H groups in total. The molecule has 0 heterocycles. The lowest BCUT2D eigenvalue weighted by molar-refractivity contribution is 1.19. The molecular formula is C20H16BrClN2S. The van der Waals surface area contributed by atoms with Gasteiger partial charge in [0.05, 0.1) is 10.7 Å². The van der Waals surface area contributed by atoms with Gasteiger partial charge in [0.15, 0.2) is 5.11 Å². The minimum absolute atomic E-state index is 0.504. The zero-order chi connectivity index (χ0) is 17.6. The summed E-state index contributed by atoms with van der Waals surface area (Å²) in [4.78, 5) is 0. The fourth-order valence-electron chi connectivity index (χ4n) is 2.48. The molecule has 0 fully saturated rings. The van der Waals surface area contributed by atoms with Crippen LogP contribution in [0.15, 0.2) is 77.3 Å². The Balaban J connectivity index is 1.73. The SMILES string of the molecule is S=C(Nc1ccc(Br)cc1Cl)Nc1ccccc1Cc1ccccc1. The van der Waals surface area contributed by atoms with E-state index in [0.717, 1.165) is 22.3 Å². The molecule has 0 aliphatic heterocycles. The van der Waals surface area contributed by atoms with Crippen LogP contribution in [0.4, 0.5) is 11.4 Å². The molecule has 3 aromatic rings. The van der Waals surface area contributed by atoms with Crippen molar-refractivity contribution in [2.24, 2.45) is 0 Å². The third-order valence-corrected chi connectivity index (χ3v) is 4.69. The maximum atomic E-state index is 6.24. The first-order chi connectivity index (χ1) is 12.1. The lowest BCUT2D eigenvalue weighted by Crippen LogP contribution is -2.20. The van der Waals surface area contributed by atoms with Crippen molar-refractivity contribution in [2.45, 2.75) is 6.42 Å². The lowest BCUT2D eigenvalue weighted by Gasteiger charge is -2.15. The molecule has 0 aliphatic carbocycles. The number of benzene rings is 3. The summed E-state index contributed by atoms with van der Waals surface area (Å²) in [6, 6.07) is 24.1. The van der Waals surface area contributed by atoms with Crippen LogP contribution < -0.4 is 10.6 Å². The van der Waals surface area contributed by atoms with E-state index in [1.54, 1.807) is 0 Å². The molecule has 3 rings (SSSR count). The van der Waals surface area contributed by atoms with Gasteiger partial charge in [-0.2, -0.15) is 0 Å². The first-order valence-electron chi connectivity index (χ1n) is 7.77. The Labute approximate surface area is 166 Å². The average molecular weight is 432 g/mol. The lowest BCUT2D eigenvalue weighted by atomic mass is 10.0. The molecule has 2 nitrogen and oxygen atoms in total. The van der Waals surface area contributed by atoms with Crippen molar-refractivity contribution < 1.29 is 0 Å². The smallest absolute Gasteiger partial charge is 0.175 e. The largest absolute Gasteiger partial charge is 0.332 e. The van der Waals surface area contributed by atoms with Crippen LogP contribution in [0, 0.1) is 0 Å². The Bertz CT molecular complexity index is 884. The van der Waals surface area contributed by atoms with Gasteiger partial charge in [-0.25, -0.2) is 0 Å². The fourth-order valence-corrected chi connectivity index (χ4v) is 3.42. The molecule has 0 bridgehead atoms. The maximum absolute atomic E-state index is 6.24. The second-order valence-corrected chi connectivity index (χ2v) is 7.25. The molecule has 25 heavy (non-hydrogen) atoms. The van der Waals surface area contributed by atoms with Gasteiger partial charge in [0, 0.05) is 10.2 Å². The molecule has 0 saturated heterocycles. The molecule has 0 atom stereocenters. The Hall–Kier alpha value is -1.88. The van der Waals surface area contributed by atoms with Crippen LogP contribution in [0.3, 0.4) is 0 Å². The Morgan fingerprint density at radius 1 is 0.880 bits per heavy atom. The van der Waals surface area contributed by atoms with Crippen molar-refractivity contribution in [1.82, 2.24) is 0 Å². The average Bonchev–Trinajstić information content (AvgIpc) is 2.60. The highest BCUT2D eigenvalue weighted by molar-refractivity contribution is 9.10. The highest BCUT2D eigenvalue weighted by Gasteiger charge is 2.07. The van der Waals surface area contributed by atoms with E-state index in [0.29, 0.717) is 10.1 Å². The van der Waals surface area contributed by atoms with Crippen LogP contribution in [0.1, 0.15) is 11.1 Å². The third-order valence-electron chi connectivity index (χ3n) is 3.68. The van der Waals surface area contributed by atoms with E-state index >= 15 is 0 Å². The van der Waals surface area contributed by atoms with Gasteiger partial charge >= 0.3 is 0 Å². The summed E-state index contributed by atoms with van der Waals surface area (Å²) < 4.78 is 0.926. The standard InChI is InChI=1S/C20H16BrClN2S/c21-16-10-11-19(17(22)13-16)24-20(25)23-18-9-5-4-8-15(18)12-14-6-2-1-3-7-14/h1-11,13H,12H2,(H2,23,24,25). The van der Waals surface area contributed by atoms with E-state index in [4.69, 9.17) is 23.8 Å². The topological polar surface area (TPSA) is 24.1 Å². The number of thiocarbonyl (C=S) groups is 1. The minimum atomic E-state index is 0.504. The summed E-state index contributed by atoms with van der Waals surface area (Å²) in [5.41, 5.74) is 4.19. The normalized spacial score (nSPS) is 10.3. The van der Waals surface area contributed by atoms with Crippen LogP contribution in [0.5, 0.6) is 0 Å². The fraction of sp³-hybridized carbons (Fsp3) is 0.0500. The van der Waals surface area contributed by atoms with Gasteiger partial charge in [-0.1, -0.05) is 76.1 Å². The number of nitrogens with one attached hydrogen (secondary N) is 2. The monoisotopic (exact) mass is 430 g/mol. The van der Waals surface area contributed by atoms with Gasteiger partial charge in [0.25, 0.3) is 0 Å². The summed E-state index contributed by atoms with van der Waals surface area (Å²) in [6.07, 6.45) is 0.839. The van der Waals surface area contributed by atoms with Gasteiger partial charge < -0.3 is 10.6 Å². The summed E-state index contributed by atoms with van der Waals surface area (Å²) in [5, 5.41) is 7.53. The molecule has 0 radical (unpaired) electrons. The van der Waals surface area contributed by atoms with Crippen LogP contribution >= 0.6 is 39.7 Å². The molecular weight excluding hydrogens is 416 g/mol. The predicted molar refractivity (Wildman–Crippen MR) is 115 cm³/mol. The van der Waals surface area contributed by atoms with Gasteiger partial charge in [-0.15, -0.1) is 0 Å². The molecule has 0 amide bonds. The number of para-hydroxylation sites is 1. The zero-order valence-corrected chi connectivity index (χ0v) is 16.5. The van der Waals surface area contributed by atoms with Gasteiger partial charge in [-0.05, 0) is 54.0 Å². The molecule has 5 heteroatoms. The Morgan fingerprint density at radius 3 is 2.32 bits per heavy atom. The van der Waals surface area contributed by atoms with Crippen LogP contribution in [-0.2, 0) is 6.42 Å². The predicted octanol–water partition coefficient (Wildman–Crippen LogP) is 6.50. The quantitative estimate of drug-likeness (QED) is 0.461. The number of halogens is 2. The van der Waals surface area contributed by atoms with Crippen molar-refractivity contribution in [1.29, 1.82) is 0 Å². The van der Waals surface area contributed by atoms with Gasteiger partial charge in [0.2, 0.25) is 0 Å². The second-order valence-electron chi connectivity index (χ2n) is 5.52. The molecule has 0 aromatic heterocycles. The van der Waals surface area contributed by atoms with Crippen molar-refractivity contribution >= 4 is 56.2 Å². The van der Waals surface area contributed by atoms with Crippen LogP contribution in [-0.4, -0.2) is 5.11 Å². The van der Waals surface area contributed by atoms with Gasteiger partial charge in [-0.3, -0.25) is 0 Å². The van der Waals surface area contributed by atoms with Crippen LogP contribution in [0.2, 0.25) is 5.02 Å². The van der Waals surface area contributed by atoms with Crippen molar-refractivity contribution in [3.8, 4) is 0 Å². The number of anilines is 2. The third kappa shape index (κ3) is 5.05. The van der Waals surface area contributed by atoms with Gasteiger partial charge in [0.1, 0.15) is 0 Å². The molecule has 0 spiro atoms. The van der Waals surface area contributed by atoms with E-state index in [2.05, 4.69) is 44.8 Å². The number of rotatable bonds is 4. The first kappa shape index (κ1) is 17.9. The zero-order valence-electron chi connectivity index (χ0n) is 13.3. The van der Waals surface area contributed by atoms with Crippen molar-refractivity contribution in [3.63, 3.8) is 0 Å².